The van der Waals surface area contributed by atoms with Crippen molar-refractivity contribution < 1.29 is 4.42 Å². The molecule has 10 rings (SSSR count). The summed E-state index contributed by atoms with van der Waals surface area (Å²) >= 11 is 0. The molecule has 0 spiro atoms. The van der Waals surface area contributed by atoms with Gasteiger partial charge in [0, 0.05) is 27.3 Å². The molecule has 0 unspecified atom stereocenters. The van der Waals surface area contributed by atoms with Crippen molar-refractivity contribution in [3.05, 3.63) is 158 Å². The number of nitrogens with zero attached hydrogens (tertiary/aromatic N) is 4. The van der Waals surface area contributed by atoms with Crippen LogP contribution >= 0.6 is 0 Å². The quantitative estimate of drug-likeness (QED) is 0.198. The van der Waals surface area contributed by atoms with Gasteiger partial charge in [-0.2, -0.15) is 0 Å². The van der Waals surface area contributed by atoms with Gasteiger partial charge in [-0.25, -0.2) is 15.0 Å². The van der Waals surface area contributed by atoms with Crippen LogP contribution in [0.4, 0.5) is 0 Å². The summed E-state index contributed by atoms with van der Waals surface area (Å²) in [5.41, 5.74) is 7.63. The van der Waals surface area contributed by atoms with E-state index < -0.39 is 0 Å². The monoisotopic (exact) mass is 614 g/mol. The van der Waals surface area contributed by atoms with Crippen LogP contribution in [-0.2, 0) is 0 Å². The van der Waals surface area contributed by atoms with Gasteiger partial charge in [0.1, 0.15) is 11.2 Å². The van der Waals surface area contributed by atoms with Gasteiger partial charge in [-0.3, -0.25) is 0 Å². The second kappa shape index (κ2) is 10.5. The highest BCUT2D eigenvalue weighted by Crippen LogP contribution is 2.44. The molecular weight excluding hydrogens is 589 g/mol. The van der Waals surface area contributed by atoms with E-state index in [0.717, 1.165) is 66.1 Å². The van der Waals surface area contributed by atoms with Gasteiger partial charge in [-0.05, 0) is 41.1 Å². The Bertz CT molecular complexity index is 2720. The highest BCUT2D eigenvalue weighted by Gasteiger charge is 2.23. The van der Waals surface area contributed by atoms with Crippen LogP contribution in [0.1, 0.15) is 0 Å². The molecule has 48 heavy (non-hydrogen) atoms. The zero-order valence-electron chi connectivity index (χ0n) is 25.7. The molecule has 0 bridgehead atoms. The topological polar surface area (TPSA) is 56.7 Å². The van der Waals surface area contributed by atoms with E-state index in [4.69, 9.17) is 19.4 Å². The maximum atomic E-state index is 6.89. The third-order valence-corrected chi connectivity index (χ3v) is 9.23. The molecule has 10 aromatic rings. The largest absolute Gasteiger partial charge is 0.455 e. The molecule has 0 amide bonds. The van der Waals surface area contributed by atoms with E-state index in [1.807, 2.05) is 60.7 Å². The van der Waals surface area contributed by atoms with Crippen molar-refractivity contribution in [2.45, 2.75) is 0 Å². The molecule has 7 aromatic carbocycles. The van der Waals surface area contributed by atoms with Gasteiger partial charge in [0.05, 0.1) is 27.7 Å². The molecule has 3 aromatic heterocycles. The fourth-order valence-electron chi connectivity index (χ4n) is 7.12. The van der Waals surface area contributed by atoms with Crippen LogP contribution in [0.2, 0.25) is 0 Å². The Labute approximate surface area is 275 Å². The Balaban J connectivity index is 1.33. The van der Waals surface area contributed by atoms with Gasteiger partial charge in [0.2, 0.25) is 0 Å². The number of rotatable bonds is 4. The van der Waals surface area contributed by atoms with Crippen LogP contribution in [-0.4, -0.2) is 19.5 Å². The lowest BCUT2D eigenvalue weighted by Crippen LogP contribution is -2.00. The first kappa shape index (κ1) is 26.6. The third kappa shape index (κ3) is 4.01. The third-order valence-electron chi connectivity index (χ3n) is 9.23. The van der Waals surface area contributed by atoms with Crippen molar-refractivity contribution >= 4 is 54.5 Å². The Morgan fingerprint density at radius 1 is 0.438 bits per heavy atom. The molecule has 0 saturated carbocycles. The molecule has 0 atom stereocenters. The lowest BCUT2D eigenvalue weighted by Gasteiger charge is -2.12. The van der Waals surface area contributed by atoms with Gasteiger partial charge in [0.25, 0.3) is 0 Å². The summed E-state index contributed by atoms with van der Waals surface area (Å²) in [7, 11) is 0. The van der Waals surface area contributed by atoms with Crippen LogP contribution in [0, 0.1) is 0 Å². The smallest absolute Gasteiger partial charge is 0.168 e. The second-order valence-corrected chi connectivity index (χ2v) is 12.0. The van der Waals surface area contributed by atoms with Crippen molar-refractivity contribution in [3.63, 3.8) is 0 Å². The fourth-order valence-corrected chi connectivity index (χ4v) is 7.12. The van der Waals surface area contributed by atoms with E-state index >= 15 is 0 Å². The van der Waals surface area contributed by atoms with E-state index in [2.05, 4.69) is 102 Å². The van der Waals surface area contributed by atoms with E-state index in [-0.39, 0.29) is 0 Å². The highest BCUT2D eigenvalue weighted by molar-refractivity contribution is 6.21. The van der Waals surface area contributed by atoms with Crippen LogP contribution in [0.15, 0.2) is 162 Å². The summed E-state index contributed by atoms with van der Waals surface area (Å²) in [4.78, 5) is 15.2. The summed E-state index contributed by atoms with van der Waals surface area (Å²) in [6.45, 7) is 0. The van der Waals surface area contributed by atoms with E-state index in [9.17, 15) is 0 Å². The van der Waals surface area contributed by atoms with Gasteiger partial charge in [0.15, 0.2) is 17.5 Å². The molecule has 0 aliphatic heterocycles. The summed E-state index contributed by atoms with van der Waals surface area (Å²) in [5, 5.41) is 6.60. The number of benzene rings is 7. The van der Waals surface area contributed by atoms with Crippen molar-refractivity contribution in [3.8, 4) is 39.9 Å². The lowest BCUT2D eigenvalue weighted by molar-refractivity contribution is 0.670. The van der Waals surface area contributed by atoms with Crippen molar-refractivity contribution in [1.29, 1.82) is 0 Å². The lowest BCUT2D eigenvalue weighted by atomic mass is 9.99. The SMILES string of the molecule is c1ccc(-c2nc(-c3ccccc3)nc(-c3c4ccccc4cc4c3oc3cccc(-n5c6ccccc6c6ccccc65)c34)n2)cc1. The normalized spacial score (nSPS) is 11.8. The number of aromatic nitrogens is 4. The Morgan fingerprint density at radius 2 is 0.979 bits per heavy atom. The van der Waals surface area contributed by atoms with Crippen LogP contribution in [0.25, 0.3) is 94.4 Å². The number of hydrogen-bond donors (Lipinski definition) is 0. The standard InChI is InChI=1S/C43H26N4O/c1-3-14-27(15-4-1)41-44-42(28-16-5-2-6-17-28)46-43(45-41)39-30-19-8-7-18-29(30)26-33-38-36(24-13-25-37(38)48-40(33)39)47-34-22-11-9-20-31(34)32-21-10-12-23-35(32)47/h1-26H. The van der Waals surface area contributed by atoms with Crippen molar-refractivity contribution in [1.82, 2.24) is 19.5 Å². The van der Waals surface area contributed by atoms with Gasteiger partial charge in [-0.1, -0.05) is 127 Å². The number of fused-ring (bicyclic) bond motifs is 7. The Morgan fingerprint density at radius 3 is 1.62 bits per heavy atom. The Kier molecular flexibility index (Phi) is 5.81. The van der Waals surface area contributed by atoms with Gasteiger partial charge in [-0.15, -0.1) is 0 Å². The number of para-hydroxylation sites is 2. The first-order valence-electron chi connectivity index (χ1n) is 16.0. The van der Waals surface area contributed by atoms with E-state index in [1.165, 1.54) is 10.8 Å². The predicted octanol–water partition coefficient (Wildman–Crippen LogP) is 11.0. The first-order valence-corrected chi connectivity index (χ1v) is 16.0. The van der Waals surface area contributed by atoms with Crippen LogP contribution in [0.5, 0.6) is 0 Å². The molecule has 5 heteroatoms. The minimum Gasteiger partial charge on any atom is -0.455 e. The molecular formula is C43H26N4O. The van der Waals surface area contributed by atoms with E-state index in [1.54, 1.807) is 0 Å². The average Bonchev–Trinajstić information content (AvgIpc) is 3.70. The van der Waals surface area contributed by atoms with Crippen LogP contribution < -0.4 is 0 Å². The number of hydrogen-bond acceptors (Lipinski definition) is 4. The van der Waals surface area contributed by atoms with E-state index in [0.29, 0.717) is 17.5 Å². The highest BCUT2D eigenvalue weighted by atomic mass is 16.3. The zero-order valence-corrected chi connectivity index (χ0v) is 25.7. The summed E-state index contributed by atoms with van der Waals surface area (Å²) < 4.78 is 9.25. The maximum absolute atomic E-state index is 6.89. The molecule has 3 heterocycles. The van der Waals surface area contributed by atoms with Crippen molar-refractivity contribution in [2.24, 2.45) is 0 Å². The van der Waals surface area contributed by atoms with Gasteiger partial charge >= 0.3 is 0 Å². The molecule has 5 nitrogen and oxygen atoms in total. The number of furan rings is 1. The molecule has 0 aliphatic rings. The summed E-state index contributed by atoms with van der Waals surface area (Å²) in [5.74, 6) is 1.80. The molecule has 0 radical (unpaired) electrons. The zero-order chi connectivity index (χ0) is 31.6. The molecule has 0 fully saturated rings. The summed E-state index contributed by atoms with van der Waals surface area (Å²) in [6.07, 6.45) is 0. The average molecular weight is 615 g/mol. The first-order chi connectivity index (χ1) is 23.8. The van der Waals surface area contributed by atoms with Crippen molar-refractivity contribution in [2.75, 3.05) is 0 Å². The molecule has 224 valence electrons. The molecule has 0 saturated heterocycles. The summed E-state index contributed by atoms with van der Waals surface area (Å²) in [6, 6.07) is 54.3. The minimum absolute atomic E-state index is 0.571. The Hall–Kier alpha value is -6.59. The van der Waals surface area contributed by atoms with Crippen LogP contribution in [0.3, 0.4) is 0 Å². The minimum atomic E-state index is 0.571. The predicted molar refractivity (Wildman–Crippen MR) is 195 cm³/mol. The molecule has 0 N–H and O–H groups in total. The molecule has 0 aliphatic carbocycles. The van der Waals surface area contributed by atoms with Gasteiger partial charge < -0.3 is 8.98 Å². The fraction of sp³-hybridized carbons (Fsp3) is 0. The maximum Gasteiger partial charge on any atom is 0.168 e. The second-order valence-electron chi connectivity index (χ2n) is 12.0.